The minimum Gasteiger partial charge on any atom is -0.322 e. The first-order chi connectivity index (χ1) is 8.58. The fraction of sp³-hybridized carbons (Fsp3) is 0.154. The molecular formula is C13H11FN4. The zero-order valence-corrected chi connectivity index (χ0v) is 10.0. The number of nitrogens with one attached hydrogen (secondary N) is 1. The monoisotopic (exact) mass is 242 g/mol. The van der Waals surface area contributed by atoms with Gasteiger partial charge in [0.15, 0.2) is 0 Å². The molecule has 0 aliphatic rings. The van der Waals surface area contributed by atoms with E-state index in [0.717, 1.165) is 5.56 Å². The second-order valence-electron chi connectivity index (χ2n) is 3.94. The van der Waals surface area contributed by atoms with E-state index in [1.54, 1.807) is 25.1 Å². The van der Waals surface area contributed by atoms with Crippen molar-refractivity contribution >= 4 is 11.6 Å². The highest BCUT2D eigenvalue weighted by atomic mass is 19.1. The van der Waals surface area contributed by atoms with Crippen LogP contribution >= 0.6 is 0 Å². The van der Waals surface area contributed by atoms with Crippen LogP contribution in [0.15, 0.2) is 24.3 Å². The first kappa shape index (κ1) is 12.0. The van der Waals surface area contributed by atoms with Gasteiger partial charge in [-0.1, -0.05) is 6.07 Å². The summed E-state index contributed by atoms with van der Waals surface area (Å²) in [4.78, 5) is 8.08. The van der Waals surface area contributed by atoms with E-state index in [2.05, 4.69) is 15.3 Å². The van der Waals surface area contributed by atoms with Gasteiger partial charge in [-0.05, 0) is 37.6 Å². The fourth-order valence-electron chi connectivity index (χ4n) is 1.54. The molecular weight excluding hydrogens is 231 g/mol. The molecule has 1 heterocycles. The molecule has 0 saturated carbocycles. The van der Waals surface area contributed by atoms with Crippen LogP contribution in [0, 0.1) is 31.0 Å². The SMILES string of the molecule is Cc1ccc(F)c(Nc2nc(C)cc(C#N)n2)c1. The Morgan fingerprint density at radius 1 is 1.22 bits per heavy atom. The number of nitrogens with zero attached hydrogens (tertiary/aromatic N) is 3. The summed E-state index contributed by atoms with van der Waals surface area (Å²) in [5.74, 6) is -0.166. The van der Waals surface area contributed by atoms with Gasteiger partial charge in [0.25, 0.3) is 0 Å². The van der Waals surface area contributed by atoms with Crippen molar-refractivity contribution in [3.8, 4) is 6.07 Å². The lowest BCUT2D eigenvalue weighted by molar-refractivity contribution is 0.631. The van der Waals surface area contributed by atoms with Crippen LogP contribution in [0.25, 0.3) is 0 Å². The maximum absolute atomic E-state index is 13.6. The van der Waals surface area contributed by atoms with Crippen LogP contribution in [0.1, 0.15) is 17.0 Å². The van der Waals surface area contributed by atoms with Crippen molar-refractivity contribution in [2.24, 2.45) is 0 Å². The Hall–Kier alpha value is -2.48. The van der Waals surface area contributed by atoms with Crippen molar-refractivity contribution in [1.29, 1.82) is 5.26 Å². The number of aromatic nitrogens is 2. The Morgan fingerprint density at radius 3 is 2.72 bits per heavy atom. The molecule has 4 nitrogen and oxygen atoms in total. The van der Waals surface area contributed by atoms with Crippen LogP contribution in [0.5, 0.6) is 0 Å². The van der Waals surface area contributed by atoms with Gasteiger partial charge in [0.05, 0.1) is 5.69 Å². The number of benzene rings is 1. The number of nitriles is 1. The van der Waals surface area contributed by atoms with Gasteiger partial charge in [-0.25, -0.2) is 14.4 Å². The van der Waals surface area contributed by atoms with Gasteiger partial charge in [0.1, 0.15) is 17.6 Å². The second kappa shape index (κ2) is 4.80. The Morgan fingerprint density at radius 2 is 2.00 bits per heavy atom. The lowest BCUT2D eigenvalue weighted by atomic mass is 10.2. The van der Waals surface area contributed by atoms with E-state index in [9.17, 15) is 4.39 Å². The third-order valence-electron chi connectivity index (χ3n) is 2.34. The first-order valence-electron chi connectivity index (χ1n) is 5.37. The molecule has 0 aliphatic heterocycles. The normalized spacial score (nSPS) is 9.89. The summed E-state index contributed by atoms with van der Waals surface area (Å²) >= 11 is 0. The highest BCUT2D eigenvalue weighted by Crippen LogP contribution is 2.19. The Kier molecular flexibility index (Phi) is 3.20. The standard InChI is InChI=1S/C13H11FN4/c1-8-3-4-11(14)12(5-8)18-13-16-9(2)6-10(7-15)17-13/h3-6H,1-2H3,(H,16,17,18). The van der Waals surface area contributed by atoms with Gasteiger partial charge in [-0.3, -0.25) is 0 Å². The zero-order valence-electron chi connectivity index (χ0n) is 10.0. The molecule has 2 rings (SSSR count). The summed E-state index contributed by atoms with van der Waals surface area (Å²) in [6, 6.07) is 8.21. The first-order valence-corrected chi connectivity index (χ1v) is 5.37. The van der Waals surface area contributed by atoms with Gasteiger partial charge in [-0.2, -0.15) is 5.26 Å². The average molecular weight is 242 g/mol. The molecule has 1 aromatic heterocycles. The van der Waals surface area contributed by atoms with Crippen LogP contribution in [0.4, 0.5) is 16.0 Å². The van der Waals surface area contributed by atoms with E-state index in [1.165, 1.54) is 6.07 Å². The lowest BCUT2D eigenvalue weighted by Gasteiger charge is -2.07. The van der Waals surface area contributed by atoms with Crippen molar-refractivity contribution in [3.63, 3.8) is 0 Å². The van der Waals surface area contributed by atoms with Gasteiger partial charge in [0, 0.05) is 5.69 Å². The Labute approximate surface area is 104 Å². The number of hydrogen-bond acceptors (Lipinski definition) is 4. The van der Waals surface area contributed by atoms with Gasteiger partial charge in [0.2, 0.25) is 5.95 Å². The maximum atomic E-state index is 13.6. The van der Waals surface area contributed by atoms with E-state index in [1.807, 2.05) is 13.0 Å². The zero-order chi connectivity index (χ0) is 13.1. The largest absolute Gasteiger partial charge is 0.322 e. The summed E-state index contributed by atoms with van der Waals surface area (Å²) < 4.78 is 13.6. The molecule has 1 N–H and O–H groups in total. The molecule has 0 unspecified atom stereocenters. The van der Waals surface area contributed by atoms with Crippen LogP contribution in [0.2, 0.25) is 0 Å². The molecule has 0 saturated heterocycles. The third-order valence-corrected chi connectivity index (χ3v) is 2.34. The van der Waals surface area contributed by atoms with E-state index in [4.69, 9.17) is 5.26 Å². The number of anilines is 2. The number of aryl methyl sites for hydroxylation is 2. The van der Waals surface area contributed by atoms with Crippen LogP contribution in [0.3, 0.4) is 0 Å². The summed E-state index contributed by atoms with van der Waals surface area (Å²) in [6.45, 7) is 3.61. The molecule has 5 heteroatoms. The molecule has 0 spiro atoms. The molecule has 0 fully saturated rings. The highest BCUT2D eigenvalue weighted by molar-refractivity contribution is 5.55. The van der Waals surface area contributed by atoms with Crippen molar-refractivity contribution < 1.29 is 4.39 Å². The van der Waals surface area contributed by atoms with Crippen LogP contribution in [-0.4, -0.2) is 9.97 Å². The topological polar surface area (TPSA) is 61.6 Å². The lowest BCUT2D eigenvalue weighted by Crippen LogP contribution is -2.02. The van der Waals surface area contributed by atoms with E-state index in [-0.39, 0.29) is 17.5 Å². The van der Waals surface area contributed by atoms with Crippen molar-refractivity contribution in [1.82, 2.24) is 9.97 Å². The number of halogens is 1. The summed E-state index contributed by atoms with van der Waals surface area (Å²) in [5.41, 5.74) is 2.12. The molecule has 0 atom stereocenters. The van der Waals surface area contributed by atoms with E-state index in [0.29, 0.717) is 11.4 Å². The van der Waals surface area contributed by atoms with Crippen LogP contribution in [-0.2, 0) is 0 Å². The van der Waals surface area contributed by atoms with Gasteiger partial charge < -0.3 is 5.32 Å². The third kappa shape index (κ3) is 2.61. The van der Waals surface area contributed by atoms with E-state index < -0.39 is 0 Å². The Balaban J connectivity index is 2.37. The number of hydrogen-bond donors (Lipinski definition) is 1. The van der Waals surface area contributed by atoms with Gasteiger partial charge >= 0.3 is 0 Å². The molecule has 0 amide bonds. The molecule has 0 radical (unpaired) electrons. The summed E-state index contributed by atoms with van der Waals surface area (Å²) in [5, 5.41) is 11.6. The molecule has 90 valence electrons. The molecule has 2 aromatic rings. The summed E-state index contributed by atoms with van der Waals surface area (Å²) in [7, 11) is 0. The average Bonchev–Trinajstić information content (AvgIpc) is 2.33. The minimum absolute atomic E-state index is 0.219. The molecule has 0 aliphatic carbocycles. The highest BCUT2D eigenvalue weighted by Gasteiger charge is 2.06. The Bertz CT molecular complexity index is 631. The predicted octanol–water partition coefficient (Wildman–Crippen LogP) is 2.85. The summed E-state index contributed by atoms with van der Waals surface area (Å²) in [6.07, 6.45) is 0. The quantitative estimate of drug-likeness (QED) is 0.879. The van der Waals surface area contributed by atoms with Crippen molar-refractivity contribution in [2.45, 2.75) is 13.8 Å². The van der Waals surface area contributed by atoms with Gasteiger partial charge in [-0.15, -0.1) is 0 Å². The molecule has 0 bridgehead atoms. The molecule has 18 heavy (non-hydrogen) atoms. The van der Waals surface area contributed by atoms with Crippen molar-refractivity contribution in [2.75, 3.05) is 5.32 Å². The van der Waals surface area contributed by atoms with Crippen molar-refractivity contribution in [3.05, 3.63) is 47.0 Å². The minimum atomic E-state index is -0.385. The fourth-order valence-corrected chi connectivity index (χ4v) is 1.54. The van der Waals surface area contributed by atoms with Crippen LogP contribution < -0.4 is 5.32 Å². The molecule has 1 aromatic carbocycles. The number of rotatable bonds is 2. The smallest absolute Gasteiger partial charge is 0.228 e. The van der Waals surface area contributed by atoms with E-state index >= 15 is 0 Å². The second-order valence-corrected chi connectivity index (χ2v) is 3.94. The predicted molar refractivity (Wildman–Crippen MR) is 65.9 cm³/mol. The maximum Gasteiger partial charge on any atom is 0.228 e.